The monoisotopic (exact) mass is 341 g/mol. The summed E-state index contributed by atoms with van der Waals surface area (Å²) in [4.78, 5) is 18.8. The van der Waals surface area contributed by atoms with Crippen molar-refractivity contribution in [2.75, 3.05) is 31.2 Å². The Bertz CT molecular complexity index is 481. The van der Waals surface area contributed by atoms with Gasteiger partial charge in [-0.2, -0.15) is 0 Å². The van der Waals surface area contributed by atoms with Crippen molar-refractivity contribution in [2.24, 2.45) is 0 Å². The van der Waals surface area contributed by atoms with Crippen molar-refractivity contribution >= 4 is 27.7 Å². The molecule has 1 unspecified atom stereocenters. The molecule has 0 spiro atoms. The lowest BCUT2D eigenvalue weighted by Gasteiger charge is -2.35. The fourth-order valence-electron chi connectivity index (χ4n) is 2.15. The molecule has 1 N–H and O–H groups in total. The van der Waals surface area contributed by atoms with Crippen LogP contribution in [0.25, 0.3) is 0 Å². The number of amides is 1. The lowest BCUT2D eigenvalue weighted by molar-refractivity contribution is -0.124. The number of carbonyl (C=O) groups is 1. The zero-order chi connectivity index (χ0) is 14.5. The van der Waals surface area contributed by atoms with E-state index in [1.165, 1.54) is 0 Å². The number of ether oxygens (including phenoxy) is 1. The largest absolute Gasteiger partial charge is 0.377 e. The number of halogens is 1. The molecule has 0 aromatic carbocycles. The van der Waals surface area contributed by atoms with E-state index in [-0.39, 0.29) is 11.9 Å². The highest BCUT2D eigenvalue weighted by molar-refractivity contribution is 9.10. The standard InChI is InChI=1S/C14H20BrN3O2/c1-3-6-16-14(19)12-9-20-8-7-18(12)13-5-4-11(15)10(2)17-13/h4-5,12H,3,6-9H2,1-2H3,(H,16,19). The summed E-state index contributed by atoms with van der Waals surface area (Å²) >= 11 is 3.45. The Balaban J connectivity index is 2.17. The van der Waals surface area contributed by atoms with Crippen LogP contribution in [0.4, 0.5) is 5.82 Å². The van der Waals surface area contributed by atoms with E-state index >= 15 is 0 Å². The molecule has 0 aliphatic carbocycles. The summed E-state index contributed by atoms with van der Waals surface area (Å²) in [6, 6.07) is 3.60. The van der Waals surface area contributed by atoms with Gasteiger partial charge in [0.25, 0.3) is 0 Å². The zero-order valence-corrected chi connectivity index (χ0v) is 13.4. The summed E-state index contributed by atoms with van der Waals surface area (Å²) in [5, 5.41) is 2.93. The number of rotatable bonds is 4. The van der Waals surface area contributed by atoms with Gasteiger partial charge in [-0.3, -0.25) is 4.79 Å². The van der Waals surface area contributed by atoms with Crippen molar-refractivity contribution in [1.82, 2.24) is 10.3 Å². The zero-order valence-electron chi connectivity index (χ0n) is 11.9. The summed E-state index contributed by atoms with van der Waals surface area (Å²) < 4.78 is 6.42. The fourth-order valence-corrected chi connectivity index (χ4v) is 2.37. The van der Waals surface area contributed by atoms with Crippen molar-refractivity contribution in [3.63, 3.8) is 0 Å². The molecule has 20 heavy (non-hydrogen) atoms. The Morgan fingerprint density at radius 1 is 1.60 bits per heavy atom. The quantitative estimate of drug-likeness (QED) is 0.908. The Kier molecular flexibility index (Phi) is 5.37. The van der Waals surface area contributed by atoms with E-state index < -0.39 is 0 Å². The number of nitrogens with zero attached hydrogens (tertiary/aromatic N) is 2. The van der Waals surface area contributed by atoms with Gasteiger partial charge in [0.15, 0.2) is 0 Å². The van der Waals surface area contributed by atoms with E-state index in [2.05, 4.69) is 26.2 Å². The topological polar surface area (TPSA) is 54.5 Å². The van der Waals surface area contributed by atoms with Crippen LogP contribution < -0.4 is 10.2 Å². The first-order chi connectivity index (χ1) is 9.63. The van der Waals surface area contributed by atoms with Gasteiger partial charge in [0.1, 0.15) is 11.9 Å². The highest BCUT2D eigenvalue weighted by atomic mass is 79.9. The summed E-state index contributed by atoms with van der Waals surface area (Å²) in [5.41, 5.74) is 0.918. The van der Waals surface area contributed by atoms with Crippen molar-refractivity contribution < 1.29 is 9.53 Å². The maximum atomic E-state index is 12.2. The van der Waals surface area contributed by atoms with Crippen LogP contribution >= 0.6 is 15.9 Å². The minimum Gasteiger partial charge on any atom is -0.377 e. The second kappa shape index (κ2) is 7.04. The molecule has 5 nitrogen and oxygen atoms in total. The summed E-state index contributed by atoms with van der Waals surface area (Å²) in [6.45, 7) is 6.38. The number of carbonyl (C=O) groups excluding carboxylic acids is 1. The maximum Gasteiger partial charge on any atom is 0.245 e. The van der Waals surface area contributed by atoms with Gasteiger partial charge in [0, 0.05) is 17.6 Å². The Morgan fingerprint density at radius 3 is 3.10 bits per heavy atom. The molecule has 6 heteroatoms. The van der Waals surface area contributed by atoms with Gasteiger partial charge in [-0.15, -0.1) is 0 Å². The van der Waals surface area contributed by atoms with Gasteiger partial charge >= 0.3 is 0 Å². The predicted molar refractivity (Wildman–Crippen MR) is 81.9 cm³/mol. The van der Waals surface area contributed by atoms with Crippen molar-refractivity contribution in [3.05, 3.63) is 22.3 Å². The van der Waals surface area contributed by atoms with Crippen LogP contribution in [-0.4, -0.2) is 43.2 Å². The van der Waals surface area contributed by atoms with Crippen LogP contribution in [0.5, 0.6) is 0 Å². The average Bonchev–Trinajstić information content (AvgIpc) is 2.47. The lowest BCUT2D eigenvalue weighted by atomic mass is 10.2. The summed E-state index contributed by atoms with van der Waals surface area (Å²) in [5.74, 6) is 0.833. The van der Waals surface area contributed by atoms with Gasteiger partial charge in [-0.05, 0) is 41.4 Å². The van der Waals surface area contributed by atoms with Crippen molar-refractivity contribution in [3.8, 4) is 0 Å². The van der Waals surface area contributed by atoms with Gasteiger partial charge < -0.3 is 15.0 Å². The minimum absolute atomic E-state index is 0.00826. The number of hydrogen-bond donors (Lipinski definition) is 1. The third-order valence-electron chi connectivity index (χ3n) is 3.28. The molecule has 1 saturated heterocycles. The normalized spacial score (nSPS) is 18.9. The Labute approximate surface area is 127 Å². The van der Waals surface area contributed by atoms with E-state index in [9.17, 15) is 4.79 Å². The van der Waals surface area contributed by atoms with E-state index in [4.69, 9.17) is 4.74 Å². The third-order valence-corrected chi connectivity index (χ3v) is 4.12. The van der Waals surface area contributed by atoms with Gasteiger partial charge in [0.2, 0.25) is 5.91 Å². The number of aromatic nitrogens is 1. The lowest BCUT2D eigenvalue weighted by Crippen LogP contribution is -2.54. The van der Waals surface area contributed by atoms with Crippen LogP contribution in [0.1, 0.15) is 19.0 Å². The van der Waals surface area contributed by atoms with Gasteiger partial charge in [-0.25, -0.2) is 4.98 Å². The molecular weight excluding hydrogens is 322 g/mol. The fraction of sp³-hybridized carbons (Fsp3) is 0.571. The molecule has 0 saturated carbocycles. The molecule has 1 aliphatic heterocycles. The highest BCUT2D eigenvalue weighted by Crippen LogP contribution is 2.22. The molecule has 2 rings (SSSR count). The Morgan fingerprint density at radius 2 is 2.40 bits per heavy atom. The van der Waals surface area contributed by atoms with E-state index in [0.717, 1.165) is 22.4 Å². The van der Waals surface area contributed by atoms with E-state index in [0.29, 0.717) is 26.3 Å². The SMILES string of the molecule is CCCNC(=O)C1COCCN1c1ccc(Br)c(C)n1. The highest BCUT2D eigenvalue weighted by Gasteiger charge is 2.30. The number of anilines is 1. The average molecular weight is 342 g/mol. The molecule has 1 aromatic heterocycles. The number of nitrogens with one attached hydrogen (secondary N) is 1. The van der Waals surface area contributed by atoms with Crippen LogP contribution in [0.3, 0.4) is 0 Å². The van der Waals surface area contributed by atoms with E-state index in [1.54, 1.807) is 0 Å². The second-order valence-electron chi connectivity index (χ2n) is 4.81. The number of aryl methyl sites for hydroxylation is 1. The first-order valence-corrected chi connectivity index (χ1v) is 7.68. The smallest absolute Gasteiger partial charge is 0.245 e. The van der Waals surface area contributed by atoms with Crippen LogP contribution in [0.2, 0.25) is 0 Å². The molecule has 1 atom stereocenters. The molecule has 1 aliphatic rings. The molecule has 0 radical (unpaired) electrons. The first kappa shape index (κ1) is 15.3. The molecule has 0 bridgehead atoms. The van der Waals surface area contributed by atoms with Crippen molar-refractivity contribution in [1.29, 1.82) is 0 Å². The number of pyridine rings is 1. The predicted octanol–water partition coefficient (Wildman–Crippen LogP) is 1.88. The summed E-state index contributed by atoms with van der Waals surface area (Å²) in [6.07, 6.45) is 0.926. The Hall–Kier alpha value is -1.14. The molecule has 1 fully saturated rings. The number of hydrogen-bond acceptors (Lipinski definition) is 4. The third kappa shape index (κ3) is 3.49. The summed E-state index contributed by atoms with van der Waals surface area (Å²) in [7, 11) is 0. The maximum absolute atomic E-state index is 12.2. The molecular formula is C14H20BrN3O2. The second-order valence-corrected chi connectivity index (χ2v) is 5.67. The van der Waals surface area contributed by atoms with Gasteiger partial charge in [0.05, 0.1) is 18.9 Å². The van der Waals surface area contributed by atoms with Crippen LogP contribution in [-0.2, 0) is 9.53 Å². The number of morpholine rings is 1. The first-order valence-electron chi connectivity index (χ1n) is 6.88. The van der Waals surface area contributed by atoms with Gasteiger partial charge in [-0.1, -0.05) is 6.92 Å². The van der Waals surface area contributed by atoms with Crippen LogP contribution in [0, 0.1) is 6.92 Å². The van der Waals surface area contributed by atoms with Crippen LogP contribution in [0.15, 0.2) is 16.6 Å². The van der Waals surface area contributed by atoms with E-state index in [1.807, 2.05) is 30.9 Å². The molecule has 1 amide bonds. The molecule has 2 heterocycles. The van der Waals surface area contributed by atoms with Crippen molar-refractivity contribution in [2.45, 2.75) is 26.3 Å². The minimum atomic E-state index is -0.302. The molecule has 110 valence electrons. The molecule has 1 aromatic rings.